The average Bonchev–Trinajstić information content (AvgIpc) is 2.45. The van der Waals surface area contributed by atoms with Crippen LogP contribution in [0.4, 0.5) is 0 Å². The normalized spacial score (nSPS) is 11.9. The zero-order valence-electron chi connectivity index (χ0n) is 11.3. The van der Waals surface area contributed by atoms with Crippen LogP contribution in [0.1, 0.15) is 12.0 Å². The van der Waals surface area contributed by atoms with Crippen molar-refractivity contribution >= 4 is 5.97 Å². The minimum atomic E-state index is -0.370. The number of hydrogen-bond donors (Lipinski definition) is 1. The Balaban J connectivity index is 2.48. The first-order chi connectivity index (χ1) is 9.19. The van der Waals surface area contributed by atoms with Crippen molar-refractivity contribution in [2.75, 3.05) is 27.4 Å². The van der Waals surface area contributed by atoms with E-state index in [1.807, 2.05) is 24.3 Å². The van der Waals surface area contributed by atoms with E-state index in [0.29, 0.717) is 25.2 Å². The van der Waals surface area contributed by atoms with Crippen molar-refractivity contribution in [3.63, 3.8) is 0 Å². The van der Waals surface area contributed by atoms with E-state index in [-0.39, 0.29) is 18.7 Å². The lowest BCUT2D eigenvalue weighted by molar-refractivity contribution is -0.140. The van der Waals surface area contributed by atoms with E-state index in [9.17, 15) is 4.79 Å². The van der Waals surface area contributed by atoms with E-state index < -0.39 is 0 Å². The summed E-state index contributed by atoms with van der Waals surface area (Å²) in [5.41, 5.74) is 1.03. The van der Waals surface area contributed by atoms with Gasteiger partial charge in [-0.15, -0.1) is 0 Å². The van der Waals surface area contributed by atoms with Crippen molar-refractivity contribution in [1.82, 2.24) is 0 Å². The maximum Gasteiger partial charge on any atom is 0.305 e. The quantitative estimate of drug-likeness (QED) is 0.717. The van der Waals surface area contributed by atoms with Crippen LogP contribution in [-0.4, -0.2) is 44.6 Å². The van der Waals surface area contributed by atoms with Gasteiger partial charge in [0.2, 0.25) is 0 Å². The van der Waals surface area contributed by atoms with Gasteiger partial charge in [-0.1, -0.05) is 12.1 Å². The molecule has 5 nitrogen and oxygen atoms in total. The second-order valence-corrected chi connectivity index (χ2v) is 4.10. The molecule has 0 fully saturated rings. The summed E-state index contributed by atoms with van der Waals surface area (Å²) in [6, 6.07) is 7.40. The molecule has 0 aliphatic heterocycles. The molecule has 1 aromatic rings. The average molecular weight is 268 g/mol. The Morgan fingerprint density at radius 2 is 1.95 bits per heavy atom. The molecule has 1 aromatic carbocycles. The molecule has 0 saturated carbocycles. The Labute approximate surface area is 113 Å². The first-order valence-corrected chi connectivity index (χ1v) is 6.11. The number of hydrogen-bond acceptors (Lipinski definition) is 5. The number of esters is 1. The summed E-state index contributed by atoms with van der Waals surface area (Å²) in [6.45, 7) is 0.235. The standard InChI is InChI=1S/C14H20O5/c1-17-10-13(9-15)19-12-6-3-11(4-7-12)5-8-14(16)18-2/h3-4,6-7,13,15H,5,8-10H2,1-2H3. The van der Waals surface area contributed by atoms with Gasteiger partial charge in [-0.2, -0.15) is 0 Å². The van der Waals surface area contributed by atoms with Crippen molar-refractivity contribution in [1.29, 1.82) is 0 Å². The van der Waals surface area contributed by atoms with Crippen LogP contribution in [-0.2, 0) is 20.7 Å². The van der Waals surface area contributed by atoms with Crippen LogP contribution < -0.4 is 4.74 Å². The summed E-state index contributed by atoms with van der Waals surface area (Å²) in [7, 11) is 2.94. The highest BCUT2D eigenvalue weighted by Gasteiger charge is 2.08. The number of carbonyl (C=O) groups excluding carboxylic acids is 1. The zero-order valence-corrected chi connectivity index (χ0v) is 11.3. The molecule has 1 N–H and O–H groups in total. The number of aryl methyl sites for hydroxylation is 1. The largest absolute Gasteiger partial charge is 0.486 e. The van der Waals surface area contributed by atoms with Gasteiger partial charge in [-0.3, -0.25) is 4.79 Å². The van der Waals surface area contributed by atoms with E-state index in [1.165, 1.54) is 7.11 Å². The molecule has 1 unspecified atom stereocenters. The van der Waals surface area contributed by atoms with Crippen LogP contribution >= 0.6 is 0 Å². The van der Waals surface area contributed by atoms with Crippen molar-refractivity contribution in [3.8, 4) is 5.75 Å². The highest BCUT2D eigenvalue weighted by atomic mass is 16.5. The van der Waals surface area contributed by atoms with E-state index in [4.69, 9.17) is 14.6 Å². The third kappa shape index (κ3) is 5.72. The second-order valence-electron chi connectivity index (χ2n) is 4.10. The predicted octanol–water partition coefficient (Wildman–Crippen LogP) is 1.18. The number of methoxy groups -OCH3 is 2. The molecular formula is C14H20O5. The van der Waals surface area contributed by atoms with Crippen LogP contribution in [0.5, 0.6) is 5.75 Å². The van der Waals surface area contributed by atoms with Crippen LogP contribution in [0, 0.1) is 0 Å². The van der Waals surface area contributed by atoms with Crippen LogP contribution in [0.15, 0.2) is 24.3 Å². The van der Waals surface area contributed by atoms with Crippen molar-refractivity contribution in [3.05, 3.63) is 29.8 Å². The molecule has 1 rings (SSSR count). The second kappa shape index (κ2) is 8.50. The fraction of sp³-hybridized carbons (Fsp3) is 0.500. The van der Waals surface area contributed by atoms with E-state index in [0.717, 1.165) is 5.56 Å². The highest BCUT2D eigenvalue weighted by molar-refractivity contribution is 5.69. The topological polar surface area (TPSA) is 65.0 Å². The lowest BCUT2D eigenvalue weighted by Crippen LogP contribution is -2.26. The molecule has 0 aromatic heterocycles. The van der Waals surface area contributed by atoms with Crippen molar-refractivity contribution in [2.45, 2.75) is 18.9 Å². The smallest absolute Gasteiger partial charge is 0.305 e. The van der Waals surface area contributed by atoms with Gasteiger partial charge in [0, 0.05) is 13.5 Å². The Morgan fingerprint density at radius 3 is 2.47 bits per heavy atom. The van der Waals surface area contributed by atoms with Gasteiger partial charge in [0.05, 0.1) is 20.3 Å². The van der Waals surface area contributed by atoms with Gasteiger partial charge in [0.25, 0.3) is 0 Å². The summed E-state index contributed by atoms with van der Waals surface area (Å²) >= 11 is 0. The van der Waals surface area contributed by atoms with Gasteiger partial charge in [0.15, 0.2) is 0 Å². The zero-order chi connectivity index (χ0) is 14.1. The number of rotatable bonds is 8. The molecule has 0 aliphatic carbocycles. The number of carbonyl (C=O) groups is 1. The molecule has 0 spiro atoms. The Bertz CT molecular complexity index is 374. The maximum atomic E-state index is 11.0. The fourth-order valence-corrected chi connectivity index (χ4v) is 1.59. The molecule has 5 heteroatoms. The van der Waals surface area contributed by atoms with Crippen LogP contribution in [0.3, 0.4) is 0 Å². The minimum Gasteiger partial charge on any atom is -0.486 e. The van der Waals surface area contributed by atoms with E-state index in [2.05, 4.69) is 4.74 Å². The fourth-order valence-electron chi connectivity index (χ4n) is 1.59. The monoisotopic (exact) mass is 268 g/mol. The highest BCUT2D eigenvalue weighted by Crippen LogP contribution is 2.15. The molecule has 0 saturated heterocycles. The van der Waals surface area contributed by atoms with Gasteiger partial charge < -0.3 is 19.3 Å². The third-order valence-corrected chi connectivity index (χ3v) is 2.63. The first-order valence-electron chi connectivity index (χ1n) is 6.11. The summed E-state index contributed by atoms with van der Waals surface area (Å²) in [5.74, 6) is 0.443. The summed E-state index contributed by atoms with van der Waals surface area (Å²) < 4.78 is 15.1. The van der Waals surface area contributed by atoms with E-state index in [1.54, 1.807) is 7.11 Å². The Morgan fingerprint density at radius 1 is 1.26 bits per heavy atom. The molecule has 0 amide bonds. The molecule has 0 heterocycles. The van der Waals surface area contributed by atoms with Crippen molar-refractivity contribution < 1.29 is 24.1 Å². The van der Waals surface area contributed by atoms with Gasteiger partial charge in [-0.05, 0) is 24.1 Å². The summed E-state index contributed by atoms with van der Waals surface area (Å²) in [4.78, 5) is 11.0. The maximum absolute atomic E-state index is 11.0. The Hall–Kier alpha value is -1.59. The van der Waals surface area contributed by atoms with E-state index >= 15 is 0 Å². The third-order valence-electron chi connectivity index (χ3n) is 2.63. The summed E-state index contributed by atoms with van der Waals surface area (Å²) in [6.07, 6.45) is 0.625. The number of aliphatic hydroxyl groups excluding tert-OH is 1. The molecular weight excluding hydrogens is 248 g/mol. The van der Waals surface area contributed by atoms with Crippen LogP contribution in [0.25, 0.3) is 0 Å². The predicted molar refractivity (Wildman–Crippen MR) is 70.2 cm³/mol. The van der Waals surface area contributed by atoms with Crippen LogP contribution in [0.2, 0.25) is 0 Å². The minimum absolute atomic E-state index is 0.0993. The van der Waals surface area contributed by atoms with Crippen molar-refractivity contribution in [2.24, 2.45) is 0 Å². The Kier molecular flexibility index (Phi) is 6.92. The lowest BCUT2D eigenvalue weighted by atomic mass is 10.1. The van der Waals surface area contributed by atoms with Gasteiger partial charge >= 0.3 is 5.97 Å². The molecule has 19 heavy (non-hydrogen) atoms. The molecule has 106 valence electrons. The molecule has 0 bridgehead atoms. The number of ether oxygens (including phenoxy) is 3. The van der Waals surface area contributed by atoms with Gasteiger partial charge in [-0.25, -0.2) is 0 Å². The number of benzene rings is 1. The summed E-state index contributed by atoms with van der Waals surface area (Å²) in [5, 5.41) is 9.09. The molecule has 1 atom stereocenters. The van der Waals surface area contributed by atoms with Gasteiger partial charge in [0.1, 0.15) is 11.9 Å². The molecule has 0 aliphatic rings. The SMILES string of the molecule is COCC(CO)Oc1ccc(CCC(=O)OC)cc1. The molecule has 0 radical (unpaired) electrons. The first kappa shape index (κ1) is 15.5. The lowest BCUT2D eigenvalue weighted by Gasteiger charge is -2.16. The number of aliphatic hydroxyl groups is 1.